The predicted molar refractivity (Wildman–Crippen MR) is 130 cm³/mol. The Bertz CT molecular complexity index is 1450. The van der Waals surface area contributed by atoms with E-state index in [4.69, 9.17) is 36.3 Å². The molecule has 186 valence electrons. The molecule has 0 N–H and O–H groups in total. The second-order valence-electron chi connectivity index (χ2n) is 6.91. The normalized spacial score (nSPS) is 11.9. The van der Waals surface area contributed by atoms with E-state index in [9.17, 15) is 21.6 Å². The van der Waals surface area contributed by atoms with Crippen LogP contribution in [0, 0.1) is 0 Å². The highest BCUT2D eigenvalue weighted by atomic mass is 35.5. The molecule has 8 nitrogen and oxygen atoms in total. The molecule has 0 radical (unpaired) electrons. The van der Waals surface area contributed by atoms with Crippen LogP contribution in [0.4, 0.5) is 0 Å². The number of hydrogen-bond donors (Lipinski definition) is 0. The summed E-state index contributed by atoms with van der Waals surface area (Å²) in [4.78, 5) is 12.5. The summed E-state index contributed by atoms with van der Waals surface area (Å²) in [5, 5.41) is 0.436. The molecule has 0 saturated heterocycles. The molecule has 0 heterocycles. The zero-order valence-electron chi connectivity index (χ0n) is 18.5. The van der Waals surface area contributed by atoms with Crippen LogP contribution in [0.15, 0.2) is 70.5 Å². The van der Waals surface area contributed by atoms with Crippen molar-refractivity contribution in [1.82, 2.24) is 0 Å². The average molecular weight is 559 g/mol. The third kappa shape index (κ3) is 6.40. The molecule has 35 heavy (non-hydrogen) atoms. The largest absolute Gasteiger partial charge is 0.456 e. The Labute approximate surface area is 213 Å². The summed E-state index contributed by atoms with van der Waals surface area (Å²) < 4.78 is 64.9. The Hall–Kier alpha value is -2.47. The Morgan fingerprint density at radius 1 is 0.800 bits per heavy atom. The lowest BCUT2D eigenvalue weighted by Gasteiger charge is -2.14. The van der Waals surface area contributed by atoms with Crippen molar-refractivity contribution in [3.63, 3.8) is 0 Å². The van der Waals surface area contributed by atoms with Gasteiger partial charge in [0.15, 0.2) is 5.78 Å². The summed E-state index contributed by atoms with van der Waals surface area (Å²) in [6.07, 6.45) is 0. The van der Waals surface area contributed by atoms with Gasteiger partial charge in [-0.05, 0) is 74.5 Å². The molecular formula is C23H20Cl2O8S2. The van der Waals surface area contributed by atoms with Crippen molar-refractivity contribution in [3.8, 4) is 11.5 Å². The highest BCUT2D eigenvalue weighted by molar-refractivity contribution is 7.87. The van der Waals surface area contributed by atoms with E-state index in [1.165, 1.54) is 61.5 Å². The van der Waals surface area contributed by atoms with Crippen molar-refractivity contribution < 1.29 is 34.7 Å². The zero-order valence-corrected chi connectivity index (χ0v) is 21.7. The molecule has 0 fully saturated rings. The maximum atomic E-state index is 13.0. The van der Waals surface area contributed by atoms with E-state index >= 15 is 0 Å². The van der Waals surface area contributed by atoms with E-state index < -0.39 is 30.9 Å². The van der Waals surface area contributed by atoms with Crippen molar-refractivity contribution in [3.05, 3.63) is 81.8 Å². The summed E-state index contributed by atoms with van der Waals surface area (Å²) in [5.74, 6) is -0.541. The van der Waals surface area contributed by atoms with Crippen LogP contribution in [-0.2, 0) is 28.6 Å². The second-order valence-corrected chi connectivity index (χ2v) is 11.0. The Kier molecular flexibility index (Phi) is 8.58. The molecule has 0 unspecified atom stereocenters. The van der Waals surface area contributed by atoms with Crippen LogP contribution in [-0.4, -0.2) is 35.8 Å². The van der Waals surface area contributed by atoms with Gasteiger partial charge >= 0.3 is 10.1 Å². The minimum absolute atomic E-state index is 0.0120. The number of ether oxygens (including phenoxy) is 1. The average Bonchev–Trinajstić information content (AvgIpc) is 2.80. The molecular weight excluding hydrogens is 539 g/mol. The molecule has 3 aromatic carbocycles. The van der Waals surface area contributed by atoms with Gasteiger partial charge < -0.3 is 4.74 Å². The monoisotopic (exact) mass is 558 g/mol. The van der Waals surface area contributed by atoms with Crippen LogP contribution >= 0.6 is 23.2 Å². The first-order valence-electron chi connectivity index (χ1n) is 10.2. The fraction of sp³-hybridized carbons (Fsp3) is 0.174. The molecule has 0 amide bonds. The smallest absolute Gasteiger partial charge is 0.300 e. The van der Waals surface area contributed by atoms with Gasteiger partial charge in [-0.1, -0.05) is 23.2 Å². The van der Waals surface area contributed by atoms with Gasteiger partial charge in [0.1, 0.15) is 16.4 Å². The maximum Gasteiger partial charge on any atom is 0.300 e. The van der Waals surface area contributed by atoms with Gasteiger partial charge in [0.25, 0.3) is 10.1 Å². The van der Waals surface area contributed by atoms with Crippen LogP contribution in [0.5, 0.6) is 11.5 Å². The first-order valence-corrected chi connectivity index (χ1v) is 13.8. The number of carbonyl (C=O) groups excluding carboxylic acids is 1. The van der Waals surface area contributed by atoms with Gasteiger partial charge in [-0.15, -0.1) is 0 Å². The fourth-order valence-corrected chi connectivity index (χ4v) is 5.36. The predicted octanol–water partition coefficient (Wildman–Crippen LogP) is 5.47. The molecule has 0 bridgehead atoms. The van der Waals surface area contributed by atoms with E-state index in [1.807, 2.05) is 0 Å². The van der Waals surface area contributed by atoms with Crippen LogP contribution in [0.25, 0.3) is 0 Å². The quantitative estimate of drug-likeness (QED) is 0.238. The van der Waals surface area contributed by atoms with Gasteiger partial charge in [0.2, 0.25) is 0 Å². The van der Waals surface area contributed by atoms with Crippen molar-refractivity contribution >= 4 is 49.2 Å². The number of rotatable bonds is 10. The third-order valence-corrected chi connectivity index (χ3v) is 7.90. The van der Waals surface area contributed by atoms with E-state index in [2.05, 4.69) is 0 Å². The number of hydrogen-bond acceptors (Lipinski definition) is 8. The van der Waals surface area contributed by atoms with E-state index in [-0.39, 0.29) is 50.8 Å². The number of carbonyl (C=O) groups is 1. The van der Waals surface area contributed by atoms with Gasteiger partial charge in [-0.2, -0.15) is 16.8 Å². The lowest BCUT2D eigenvalue weighted by molar-refractivity contribution is 0.103. The van der Waals surface area contributed by atoms with Crippen molar-refractivity contribution in [2.45, 2.75) is 23.6 Å². The first-order chi connectivity index (χ1) is 16.5. The molecule has 0 atom stereocenters. The van der Waals surface area contributed by atoms with Gasteiger partial charge in [-0.3, -0.25) is 13.2 Å². The lowest BCUT2D eigenvalue weighted by atomic mass is 10.0. The van der Waals surface area contributed by atoms with E-state index in [0.29, 0.717) is 0 Å². The van der Waals surface area contributed by atoms with Crippen LogP contribution in [0.3, 0.4) is 0 Å². The van der Waals surface area contributed by atoms with Crippen LogP contribution in [0.1, 0.15) is 29.8 Å². The summed E-state index contributed by atoms with van der Waals surface area (Å²) in [6, 6.07) is 13.3. The third-order valence-electron chi connectivity index (χ3n) is 4.53. The van der Waals surface area contributed by atoms with Crippen molar-refractivity contribution in [2.75, 3.05) is 13.2 Å². The topological polar surface area (TPSA) is 113 Å². The Morgan fingerprint density at radius 3 is 2.06 bits per heavy atom. The Balaban J connectivity index is 2.02. The van der Waals surface area contributed by atoms with Crippen molar-refractivity contribution in [2.24, 2.45) is 0 Å². The molecule has 0 aliphatic carbocycles. The Morgan fingerprint density at radius 2 is 1.43 bits per heavy atom. The SMILES string of the molecule is CCOS(=O)(=O)c1ccc(Oc2ccc(C(=O)c3cc(Cl)ccc3Cl)cc2S(=O)(=O)OCC)cc1. The highest BCUT2D eigenvalue weighted by Gasteiger charge is 2.24. The van der Waals surface area contributed by atoms with Crippen LogP contribution < -0.4 is 4.74 Å². The minimum atomic E-state index is -4.31. The van der Waals surface area contributed by atoms with E-state index in [1.54, 1.807) is 6.92 Å². The summed E-state index contributed by atoms with van der Waals surface area (Å²) in [5.41, 5.74) is 0.108. The molecule has 0 aliphatic rings. The number of benzene rings is 3. The summed E-state index contributed by atoms with van der Waals surface area (Å²) >= 11 is 12.1. The zero-order chi connectivity index (χ0) is 25.8. The first kappa shape index (κ1) is 27.1. The van der Waals surface area contributed by atoms with Crippen molar-refractivity contribution in [1.29, 1.82) is 0 Å². The molecule has 3 aromatic rings. The molecule has 3 rings (SSSR count). The molecule has 0 spiro atoms. The summed E-state index contributed by atoms with van der Waals surface area (Å²) in [7, 11) is -8.22. The number of ketones is 1. The molecule has 0 saturated carbocycles. The maximum absolute atomic E-state index is 13.0. The highest BCUT2D eigenvalue weighted by Crippen LogP contribution is 2.33. The number of halogens is 2. The lowest BCUT2D eigenvalue weighted by Crippen LogP contribution is -2.10. The second kappa shape index (κ2) is 11.1. The molecule has 0 aliphatic heterocycles. The summed E-state index contributed by atoms with van der Waals surface area (Å²) in [6.45, 7) is 2.87. The van der Waals surface area contributed by atoms with Gasteiger partial charge in [-0.25, -0.2) is 0 Å². The van der Waals surface area contributed by atoms with Crippen LogP contribution in [0.2, 0.25) is 10.0 Å². The van der Waals surface area contributed by atoms with Gasteiger partial charge in [0.05, 0.1) is 23.1 Å². The minimum Gasteiger partial charge on any atom is -0.456 e. The molecule has 0 aromatic heterocycles. The van der Waals surface area contributed by atoms with E-state index in [0.717, 1.165) is 6.07 Å². The fourth-order valence-electron chi connectivity index (χ4n) is 3.00. The molecule has 12 heteroatoms. The standard InChI is InChI=1S/C23H20Cl2O8S2/c1-3-31-34(27,28)18-9-7-17(8-10-18)33-21-12-5-15(13-22(21)35(29,30)32-4-2)23(26)19-14-16(24)6-11-20(19)25/h5-14H,3-4H2,1-2H3. The van der Waals surface area contributed by atoms with Gasteiger partial charge in [0, 0.05) is 16.1 Å².